The van der Waals surface area contributed by atoms with Crippen LogP contribution >= 0.6 is 0 Å². The van der Waals surface area contributed by atoms with Crippen molar-refractivity contribution in [3.63, 3.8) is 0 Å². The molecule has 5 rings (SSSR count). The van der Waals surface area contributed by atoms with E-state index >= 15 is 0 Å². The summed E-state index contributed by atoms with van der Waals surface area (Å²) < 4.78 is 2.02. The van der Waals surface area contributed by atoms with E-state index in [1.54, 1.807) is 0 Å². The van der Waals surface area contributed by atoms with Crippen molar-refractivity contribution in [1.29, 1.82) is 0 Å². The molecule has 1 fully saturated rings. The summed E-state index contributed by atoms with van der Waals surface area (Å²) in [5, 5.41) is 3.01. The van der Waals surface area contributed by atoms with E-state index in [0.29, 0.717) is 35.0 Å². The number of hydrogen-bond acceptors (Lipinski definition) is 4. The quantitative estimate of drug-likeness (QED) is 0.497. The fraction of sp³-hybridized carbons (Fsp3) is 0.320. The molecule has 0 unspecified atom stereocenters. The van der Waals surface area contributed by atoms with Crippen molar-refractivity contribution in [2.75, 3.05) is 5.73 Å². The lowest BCUT2D eigenvalue weighted by Gasteiger charge is -2.22. The molecule has 2 aromatic carbocycles. The first-order valence-corrected chi connectivity index (χ1v) is 11.1. The Kier molecular flexibility index (Phi) is 5.28. The van der Waals surface area contributed by atoms with Crippen LogP contribution in [0.2, 0.25) is 0 Å². The van der Waals surface area contributed by atoms with Crippen LogP contribution in [0.15, 0.2) is 54.6 Å². The Bertz CT molecular complexity index is 1230. The molecule has 3 N–H and O–H groups in total. The van der Waals surface area contributed by atoms with Crippen molar-refractivity contribution in [2.45, 2.75) is 45.2 Å². The van der Waals surface area contributed by atoms with Crippen LogP contribution in [0.3, 0.4) is 0 Å². The van der Waals surface area contributed by atoms with Gasteiger partial charge in [-0.05, 0) is 36.5 Å². The molecular formula is C25H27N5O. The first-order valence-electron chi connectivity index (χ1n) is 11.1. The van der Waals surface area contributed by atoms with E-state index in [2.05, 4.69) is 5.32 Å². The van der Waals surface area contributed by atoms with Gasteiger partial charge in [-0.3, -0.25) is 4.79 Å². The van der Waals surface area contributed by atoms with Gasteiger partial charge in [0.15, 0.2) is 5.65 Å². The van der Waals surface area contributed by atoms with Gasteiger partial charge in [-0.25, -0.2) is 9.97 Å². The van der Waals surface area contributed by atoms with Crippen molar-refractivity contribution in [1.82, 2.24) is 19.9 Å². The first-order chi connectivity index (χ1) is 15.2. The molecule has 0 saturated heterocycles. The van der Waals surface area contributed by atoms with Gasteiger partial charge < -0.3 is 15.6 Å². The maximum absolute atomic E-state index is 13.2. The lowest BCUT2D eigenvalue weighted by atomic mass is 9.89. The van der Waals surface area contributed by atoms with Crippen LogP contribution in [-0.2, 0) is 13.1 Å². The molecule has 6 heteroatoms. The fourth-order valence-electron chi connectivity index (χ4n) is 4.62. The van der Waals surface area contributed by atoms with E-state index < -0.39 is 0 Å². The van der Waals surface area contributed by atoms with Crippen molar-refractivity contribution < 1.29 is 4.79 Å². The number of nitrogens with one attached hydrogen (secondary N) is 1. The smallest absolute Gasteiger partial charge is 0.257 e. The summed E-state index contributed by atoms with van der Waals surface area (Å²) in [4.78, 5) is 22.9. The number of nitrogens with zero attached hydrogens (tertiary/aromatic N) is 3. The van der Waals surface area contributed by atoms with Gasteiger partial charge in [0.05, 0.1) is 11.0 Å². The largest absolute Gasteiger partial charge is 0.384 e. The normalized spacial score (nSPS) is 14.8. The summed E-state index contributed by atoms with van der Waals surface area (Å²) in [6.07, 6.45) is 6.19. The third-order valence-corrected chi connectivity index (χ3v) is 6.28. The van der Waals surface area contributed by atoms with Gasteiger partial charge in [-0.2, -0.15) is 0 Å². The molecule has 0 spiro atoms. The highest BCUT2D eigenvalue weighted by molar-refractivity contribution is 6.10. The SMILES string of the molecule is Nc1c(C(=O)NCc2ccccc2)c2nc3ccccc3nc2n1CC1CCCCC1. The van der Waals surface area contributed by atoms with Gasteiger partial charge in [-0.1, -0.05) is 61.7 Å². The standard InChI is InChI=1S/C25H27N5O/c26-23-21(25(31)27-15-17-9-3-1-4-10-17)22-24(29-20-14-8-7-13-19(20)28-22)30(23)16-18-11-5-2-6-12-18/h1,3-4,7-10,13-14,18H,2,5-6,11-12,15-16,26H2,(H,27,31). The minimum atomic E-state index is -0.210. The minimum absolute atomic E-state index is 0.210. The van der Waals surface area contributed by atoms with Crippen LogP contribution in [0.5, 0.6) is 0 Å². The molecule has 4 aromatic rings. The Morgan fingerprint density at radius 1 is 0.968 bits per heavy atom. The number of anilines is 1. The third-order valence-electron chi connectivity index (χ3n) is 6.28. The number of amides is 1. The first kappa shape index (κ1) is 19.5. The number of hydrogen-bond donors (Lipinski definition) is 2. The molecule has 0 radical (unpaired) electrons. The summed E-state index contributed by atoms with van der Waals surface area (Å²) in [6.45, 7) is 1.22. The highest BCUT2D eigenvalue weighted by Gasteiger charge is 2.25. The van der Waals surface area contributed by atoms with Gasteiger partial charge in [-0.15, -0.1) is 0 Å². The number of carbonyl (C=O) groups is 1. The topological polar surface area (TPSA) is 85.8 Å². The Balaban J connectivity index is 1.56. The summed E-state index contributed by atoms with van der Waals surface area (Å²) >= 11 is 0. The van der Waals surface area contributed by atoms with Crippen molar-refractivity contribution in [2.24, 2.45) is 5.92 Å². The maximum atomic E-state index is 13.2. The zero-order valence-electron chi connectivity index (χ0n) is 17.6. The van der Waals surface area contributed by atoms with Gasteiger partial charge in [0.2, 0.25) is 0 Å². The van der Waals surface area contributed by atoms with Gasteiger partial charge in [0, 0.05) is 13.1 Å². The predicted octanol–water partition coefficient (Wildman–Crippen LogP) is 4.68. The predicted molar refractivity (Wildman–Crippen MR) is 124 cm³/mol. The van der Waals surface area contributed by atoms with Crippen molar-refractivity contribution >= 4 is 33.9 Å². The average Bonchev–Trinajstić information content (AvgIpc) is 3.08. The third kappa shape index (κ3) is 3.85. The molecule has 1 saturated carbocycles. The molecular weight excluding hydrogens is 386 g/mol. The Labute approximate surface area is 181 Å². The lowest BCUT2D eigenvalue weighted by molar-refractivity contribution is 0.0953. The van der Waals surface area contributed by atoms with Gasteiger partial charge in [0.1, 0.15) is 16.9 Å². The monoisotopic (exact) mass is 413 g/mol. The van der Waals surface area contributed by atoms with Crippen molar-refractivity contribution in [3.05, 3.63) is 65.7 Å². The highest BCUT2D eigenvalue weighted by atomic mass is 16.1. The second-order valence-electron chi connectivity index (χ2n) is 8.43. The van der Waals surface area contributed by atoms with Crippen LogP contribution < -0.4 is 11.1 Å². The zero-order valence-corrected chi connectivity index (χ0v) is 17.6. The number of carbonyl (C=O) groups excluding carboxylic acids is 1. The maximum Gasteiger partial charge on any atom is 0.257 e. The molecule has 2 aromatic heterocycles. The van der Waals surface area contributed by atoms with E-state index in [9.17, 15) is 4.79 Å². The molecule has 158 valence electrons. The summed E-state index contributed by atoms with van der Waals surface area (Å²) in [5.74, 6) is 0.805. The van der Waals surface area contributed by atoms with Gasteiger partial charge in [0.25, 0.3) is 5.91 Å². The van der Waals surface area contributed by atoms with E-state index in [1.165, 1.54) is 32.1 Å². The van der Waals surface area contributed by atoms with E-state index in [1.807, 2.05) is 59.2 Å². The second kappa shape index (κ2) is 8.38. The summed E-state index contributed by atoms with van der Waals surface area (Å²) in [7, 11) is 0. The number of fused-ring (bicyclic) bond motifs is 2. The van der Waals surface area contributed by atoms with Crippen LogP contribution in [0.25, 0.3) is 22.2 Å². The Morgan fingerprint density at radius 2 is 1.65 bits per heavy atom. The van der Waals surface area contributed by atoms with Crippen LogP contribution in [0.1, 0.15) is 48.0 Å². The summed E-state index contributed by atoms with van der Waals surface area (Å²) in [5.41, 5.74) is 10.9. The molecule has 0 atom stereocenters. The molecule has 1 amide bonds. The average molecular weight is 414 g/mol. The molecule has 2 heterocycles. The molecule has 0 bridgehead atoms. The number of nitrogens with two attached hydrogens (primary N) is 1. The number of benzene rings is 2. The molecule has 1 aliphatic rings. The molecule has 31 heavy (non-hydrogen) atoms. The zero-order chi connectivity index (χ0) is 21.2. The molecule has 1 aliphatic carbocycles. The van der Waals surface area contributed by atoms with Crippen molar-refractivity contribution in [3.8, 4) is 0 Å². The van der Waals surface area contributed by atoms with Crippen LogP contribution in [0, 0.1) is 5.92 Å². The molecule has 6 nitrogen and oxygen atoms in total. The van der Waals surface area contributed by atoms with Crippen LogP contribution in [-0.4, -0.2) is 20.4 Å². The number of rotatable bonds is 5. The fourth-order valence-corrected chi connectivity index (χ4v) is 4.62. The number of aromatic nitrogens is 3. The van der Waals surface area contributed by atoms with E-state index in [4.69, 9.17) is 15.7 Å². The minimum Gasteiger partial charge on any atom is -0.384 e. The highest BCUT2D eigenvalue weighted by Crippen LogP contribution is 2.32. The Morgan fingerprint density at radius 3 is 2.39 bits per heavy atom. The second-order valence-corrected chi connectivity index (χ2v) is 8.43. The Hall–Kier alpha value is -3.41. The van der Waals surface area contributed by atoms with Gasteiger partial charge >= 0.3 is 0 Å². The molecule has 0 aliphatic heterocycles. The number of nitrogen functional groups attached to an aromatic ring is 1. The lowest BCUT2D eigenvalue weighted by Crippen LogP contribution is -2.24. The van der Waals surface area contributed by atoms with Crippen LogP contribution in [0.4, 0.5) is 5.82 Å². The van der Waals surface area contributed by atoms with E-state index in [0.717, 1.165) is 23.1 Å². The van der Waals surface area contributed by atoms with E-state index in [-0.39, 0.29) is 5.91 Å². The number of para-hydroxylation sites is 2. The summed E-state index contributed by atoms with van der Waals surface area (Å²) in [6, 6.07) is 17.6.